The Bertz CT molecular complexity index is 772. The van der Waals surface area contributed by atoms with E-state index in [1.807, 2.05) is 12.1 Å². The number of ether oxygens (including phenoxy) is 1. The lowest BCUT2D eigenvalue weighted by Crippen LogP contribution is -2.40. The van der Waals surface area contributed by atoms with Crippen molar-refractivity contribution in [1.29, 1.82) is 15.8 Å². The molecule has 29 heavy (non-hydrogen) atoms. The topological polar surface area (TPSA) is 83.8 Å². The second-order valence-electron chi connectivity index (χ2n) is 9.55. The van der Waals surface area contributed by atoms with Crippen LogP contribution in [0.2, 0.25) is 0 Å². The van der Waals surface area contributed by atoms with Gasteiger partial charge in [0.15, 0.2) is 0 Å². The van der Waals surface area contributed by atoms with Gasteiger partial charge in [-0.2, -0.15) is 15.8 Å². The summed E-state index contributed by atoms with van der Waals surface area (Å²) in [5.74, 6) is 0.733. The molecule has 154 valence electrons. The van der Waals surface area contributed by atoms with Gasteiger partial charge in [0.25, 0.3) is 0 Å². The molecule has 1 saturated heterocycles. The van der Waals surface area contributed by atoms with Gasteiger partial charge in [0, 0.05) is 31.0 Å². The van der Waals surface area contributed by atoms with Gasteiger partial charge in [-0.05, 0) is 49.9 Å². The van der Waals surface area contributed by atoms with Crippen LogP contribution in [-0.2, 0) is 4.74 Å². The van der Waals surface area contributed by atoms with Crippen molar-refractivity contribution in [2.24, 2.45) is 11.3 Å². The van der Waals surface area contributed by atoms with E-state index in [0.29, 0.717) is 23.7 Å². The normalized spacial score (nSPS) is 23.3. The molecule has 3 rings (SSSR count). The Kier molecular flexibility index (Phi) is 7.00. The third kappa shape index (κ3) is 5.20. The Balaban J connectivity index is 1.69. The van der Waals surface area contributed by atoms with Crippen molar-refractivity contribution in [2.45, 2.75) is 77.7 Å². The van der Waals surface area contributed by atoms with Crippen molar-refractivity contribution in [3.8, 4) is 18.2 Å². The Hall–Kier alpha value is -2.29. The number of likely N-dealkylation sites (tertiary alicyclic amines) is 1. The second kappa shape index (κ2) is 9.47. The van der Waals surface area contributed by atoms with Gasteiger partial charge in [-0.15, -0.1) is 0 Å². The van der Waals surface area contributed by atoms with E-state index < -0.39 is 0 Å². The lowest BCUT2D eigenvalue weighted by atomic mass is 9.72. The molecule has 2 aliphatic carbocycles. The summed E-state index contributed by atoms with van der Waals surface area (Å²) in [7, 11) is 0. The number of allylic oxidation sites excluding steroid dienone is 4. The highest BCUT2D eigenvalue weighted by molar-refractivity contribution is 5.57. The van der Waals surface area contributed by atoms with E-state index in [0.717, 1.165) is 50.6 Å². The van der Waals surface area contributed by atoms with Crippen molar-refractivity contribution in [3.05, 3.63) is 22.4 Å². The van der Waals surface area contributed by atoms with Crippen LogP contribution < -0.4 is 0 Å². The second-order valence-corrected chi connectivity index (χ2v) is 9.55. The Labute approximate surface area is 175 Å². The standard InChI is InChI=1S/C24H32N4O/c1-24(2)12-21(19(14-25)15-26)22(16-27)23(13-24)28-10-8-20(9-11-28)29-17-18-6-4-3-5-7-18/h18,20H,3-13,17H2,1-2H3. The van der Waals surface area contributed by atoms with Crippen LogP contribution in [0.15, 0.2) is 22.4 Å². The zero-order valence-electron chi connectivity index (χ0n) is 17.8. The molecule has 3 aliphatic rings. The van der Waals surface area contributed by atoms with Crippen molar-refractivity contribution in [1.82, 2.24) is 4.90 Å². The van der Waals surface area contributed by atoms with Gasteiger partial charge in [-0.25, -0.2) is 0 Å². The van der Waals surface area contributed by atoms with Gasteiger partial charge in [0.05, 0.1) is 11.7 Å². The molecule has 0 spiro atoms. The first-order chi connectivity index (χ1) is 14.0. The molecule has 0 aromatic heterocycles. The van der Waals surface area contributed by atoms with E-state index >= 15 is 0 Å². The van der Waals surface area contributed by atoms with Crippen molar-refractivity contribution >= 4 is 0 Å². The molecular weight excluding hydrogens is 360 g/mol. The summed E-state index contributed by atoms with van der Waals surface area (Å²) >= 11 is 0. The zero-order valence-corrected chi connectivity index (χ0v) is 17.8. The van der Waals surface area contributed by atoms with Crippen LogP contribution in [0.4, 0.5) is 0 Å². The minimum atomic E-state index is -0.0711. The largest absolute Gasteiger partial charge is 0.378 e. The third-order valence-corrected chi connectivity index (χ3v) is 6.64. The molecule has 1 saturated carbocycles. The summed E-state index contributed by atoms with van der Waals surface area (Å²) in [4.78, 5) is 2.30. The van der Waals surface area contributed by atoms with Crippen LogP contribution in [0.3, 0.4) is 0 Å². The van der Waals surface area contributed by atoms with Gasteiger partial charge in [0.1, 0.15) is 23.8 Å². The van der Waals surface area contributed by atoms with Crippen molar-refractivity contribution in [2.75, 3.05) is 19.7 Å². The Morgan fingerprint density at radius 2 is 1.66 bits per heavy atom. The predicted molar refractivity (Wildman–Crippen MR) is 111 cm³/mol. The van der Waals surface area contributed by atoms with Crippen LogP contribution in [0.25, 0.3) is 0 Å². The molecular formula is C24H32N4O. The predicted octanol–water partition coefficient (Wildman–Crippen LogP) is 4.99. The summed E-state index contributed by atoms with van der Waals surface area (Å²) in [6.07, 6.45) is 10.3. The maximum atomic E-state index is 9.84. The number of hydrogen-bond donors (Lipinski definition) is 0. The average molecular weight is 393 g/mol. The summed E-state index contributed by atoms with van der Waals surface area (Å²) in [5.41, 5.74) is 2.19. The molecule has 2 fully saturated rings. The highest BCUT2D eigenvalue weighted by Crippen LogP contribution is 2.44. The molecule has 0 N–H and O–H groups in total. The lowest BCUT2D eigenvalue weighted by molar-refractivity contribution is -0.0109. The SMILES string of the molecule is CC1(C)CC(=C(C#N)C#N)C(C#N)=C(N2CCC(OCC3CCCCC3)CC2)C1. The summed E-state index contributed by atoms with van der Waals surface area (Å²) in [6.45, 7) is 6.92. The van der Waals surface area contributed by atoms with E-state index in [2.05, 4.69) is 24.8 Å². The molecule has 1 heterocycles. The van der Waals surface area contributed by atoms with E-state index in [1.165, 1.54) is 32.1 Å². The summed E-state index contributed by atoms with van der Waals surface area (Å²) < 4.78 is 6.24. The van der Waals surface area contributed by atoms with E-state index in [9.17, 15) is 15.8 Å². The molecule has 5 nitrogen and oxygen atoms in total. The molecule has 5 heteroatoms. The first-order valence-electron chi connectivity index (χ1n) is 11.0. The zero-order chi connectivity index (χ0) is 20.9. The maximum absolute atomic E-state index is 9.84. The molecule has 0 aromatic carbocycles. The van der Waals surface area contributed by atoms with Gasteiger partial charge in [-0.1, -0.05) is 33.1 Å². The number of nitriles is 3. The molecule has 0 amide bonds. The van der Waals surface area contributed by atoms with E-state index in [4.69, 9.17) is 4.74 Å². The number of nitrogens with zero attached hydrogens (tertiary/aromatic N) is 4. The third-order valence-electron chi connectivity index (χ3n) is 6.64. The lowest BCUT2D eigenvalue weighted by Gasteiger charge is -2.41. The monoisotopic (exact) mass is 392 g/mol. The van der Waals surface area contributed by atoms with Crippen LogP contribution in [-0.4, -0.2) is 30.7 Å². The van der Waals surface area contributed by atoms with Crippen LogP contribution >= 0.6 is 0 Å². The number of hydrogen-bond acceptors (Lipinski definition) is 5. The summed E-state index contributed by atoms with van der Waals surface area (Å²) in [6, 6.07) is 6.31. The quantitative estimate of drug-likeness (QED) is 0.629. The van der Waals surface area contributed by atoms with Gasteiger partial charge in [0.2, 0.25) is 0 Å². The van der Waals surface area contributed by atoms with Gasteiger partial charge >= 0.3 is 0 Å². The van der Waals surface area contributed by atoms with E-state index in [-0.39, 0.29) is 11.0 Å². The Morgan fingerprint density at radius 1 is 1.00 bits per heavy atom. The van der Waals surface area contributed by atoms with E-state index in [1.54, 1.807) is 0 Å². The van der Waals surface area contributed by atoms with Crippen LogP contribution in [0.1, 0.15) is 71.6 Å². The van der Waals surface area contributed by atoms with Crippen molar-refractivity contribution in [3.63, 3.8) is 0 Å². The van der Waals surface area contributed by atoms with Gasteiger partial charge in [-0.3, -0.25) is 0 Å². The molecule has 0 unspecified atom stereocenters. The maximum Gasteiger partial charge on any atom is 0.134 e. The molecule has 0 radical (unpaired) electrons. The fourth-order valence-electron chi connectivity index (χ4n) is 5.04. The highest BCUT2D eigenvalue weighted by atomic mass is 16.5. The first kappa shape index (κ1) is 21.4. The van der Waals surface area contributed by atoms with Crippen LogP contribution in [0.5, 0.6) is 0 Å². The average Bonchev–Trinajstić information content (AvgIpc) is 2.73. The van der Waals surface area contributed by atoms with Crippen LogP contribution in [0, 0.1) is 45.3 Å². The van der Waals surface area contributed by atoms with Crippen molar-refractivity contribution < 1.29 is 4.74 Å². The number of piperidine rings is 1. The molecule has 1 aliphatic heterocycles. The minimum absolute atomic E-state index is 0.0711. The first-order valence-corrected chi connectivity index (χ1v) is 11.0. The molecule has 0 aromatic rings. The molecule has 0 bridgehead atoms. The Morgan fingerprint density at radius 3 is 2.24 bits per heavy atom. The minimum Gasteiger partial charge on any atom is -0.378 e. The number of rotatable bonds is 4. The fraction of sp³-hybridized carbons (Fsp3) is 0.708. The fourth-order valence-corrected chi connectivity index (χ4v) is 5.04. The highest BCUT2D eigenvalue weighted by Gasteiger charge is 2.36. The summed E-state index contributed by atoms with van der Waals surface area (Å²) in [5, 5.41) is 28.6. The van der Waals surface area contributed by atoms with Gasteiger partial charge < -0.3 is 9.64 Å². The smallest absolute Gasteiger partial charge is 0.134 e. The molecule has 0 atom stereocenters.